The molecule has 3 aromatic rings. The summed E-state index contributed by atoms with van der Waals surface area (Å²) in [6.07, 6.45) is 4.21. The number of hydrogen-bond donors (Lipinski definition) is 1. The second-order valence-corrected chi connectivity index (χ2v) is 6.23. The maximum absolute atomic E-state index is 12.2. The molecule has 1 aromatic carbocycles. The van der Waals surface area contributed by atoms with E-state index in [1.54, 1.807) is 30.6 Å². The maximum atomic E-state index is 12.2. The van der Waals surface area contributed by atoms with Gasteiger partial charge in [0, 0.05) is 29.9 Å². The van der Waals surface area contributed by atoms with Gasteiger partial charge in [0.05, 0.1) is 11.6 Å². The molecule has 0 unspecified atom stereocenters. The first-order chi connectivity index (χ1) is 13.2. The normalized spacial score (nSPS) is 10.6. The highest BCUT2D eigenvalue weighted by Crippen LogP contribution is 2.29. The maximum Gasteiger partial charge on any atom is 0.258 e. The number of halogens is 1. The number of ether oxygens (including phenoxy) is 2. The summed E-state index contributed by atoms with van der Waals surface area (Å²) in [7, 11) is 0. The van der Waals surface area contributed by atoms with Gasteiger partial charge in [0.25, 0.3) is 5.91 Å². The molecule has 6 nitrogen and oxygen atoms in total. The van der Waals surface area contributed by atoms with E-state index in [2.05, 4.69) is 15.3 Å². The fourth-order valence-electron chi connectivity index (χ4n) is 2.50. The van der Waals surface area contributed by atoms with Crippen molar-refractivity contribution in [3.63, 3.8) is 0 Å². The van der Waals surface area contributed by atoms with Crippen LogP contribution in [0.1, 0.15) is 18.9 Å². The molecule has 27 heavy (non-hydrogen) atoms. The lowest BCUT2D eigenvalue weighted by Gasteiger charge is -2.12. The monoisotopic (exact) mass is 385 g/mol. The van der Waals surface area contributed by atoms with Gasteiger partial charge in [-0.1, -0.05) is 24.6 Å². The van der Waals surface area contributed by atoms with Crippen LogP contribution in [0.2, 0.25) is 5.02 Å². The number of nitrogens with zero attached hydrogens (tertiary/aromatic N) is 2. The Hall–Kier alpha value is -2.86. The zero-order valence-corrected chi connectivity index (χ0v) is 15.7. The number of rotatable bonds is 8. The third-order valence-electron chi connectivity index (χ3n) is 3.81. The summed E-state index contributed by atoms with van der Waals surface area (Å²) in [5, 5.41) is 4.19. The molecule has 7 heteroatoms. The van der Waals surface area contributed by atoms with Gasteiger partial charge in [-0.2, -0.15) is 0 Å². The summed E-state index contributed by atoms with van der Waals surface area (Å²) in [4.78, 5) is 20.7. The van der Waals surface area contributed by atoms with Crippen LogP contribution in [0.15, 0.2) is 48.8 Å². The first-order valence-electron chi connectivity index (χ1n) is 8.68. The Labute approximate surface area is 162 Å². The van der Waals surface area contributed by atoms with Gasteiger partial charge in [0.15, 0.2) is 6.61 Å². The molecule has 3 rings (SSSR count). The SMILES string of the molecule is CCCOc1ncccc1CNC(=O)COc1ccc(Cl)c2cccnc12. The summed E-state index contributed by atoms with van der Waals surface area (Å²) in [6, 6.07) is 10.8. The van der Waals surface area contributed by atoms with Crippen LogP contribution in [-0.4, -0.2) is 29.1 Å². The number of carbonyl (C=O) groups excluding carboxylic acids is 1. The van der Waals surface area contributed by atoms with E-state index in [4.69, 9.17) is 21.1 Å². The van der Waals surface area contributed by atoms with E-state index in [0.29, 0.717) is 35.3 Å². The number of carbonyl (C=O) groups is 1. The molecule has 0 saturated carbocycles. The van der Waals surface area contributed by atoms with Gasteiger partial charge in [0.2, 0.25) is 5.88 Å². The van der Waals surface area contributed by atoms with Crippen LogP contribution in [0.3, 0.4) is 0 Å². The van der Waals surface area contributed by atoms with Crippen molar-refractivity contribution in [3.8, 4) is 11.6 Å². The Bertz CT molecular complexity index is 933. The largest absolute Gasteiger partial charge is 0.481 e. The molecule has 2 aromatic heterocycles. The Morgan fingerprint density at radius 1 is 1.11 bits per heavy atom. The van der Waals surface area contributed by atoms with Gasteiger partial charge in [-0.15, -0.1) is 0 Å². The topological polar surface area (TPSA) is 73.3 Å². The van der Waals surface area contributed by atoms with E-state index < -0.39 is 0 Å². The van der Waals surface area contributed by atoms with Crippen LogP contribution < -0.4 is 14.8 Å². The van der Waals surface area contributed by atoms with Crippen molar-refractivity contribution in [2.75, 3.05) is 13.2 Å². The quantitative estimate of drug-likeness (QED) is 0.639. The minimum Gasteiger partial charge on any atom is -0.481 e. The van der Waals surface area contributed by atoms with Crippen molar-refractivity contribution in [1.82, 2.24) is 15.3 Å². The summed E-state index contributed by atoms with van der Waals surface area (Å²) in [5.74, 6) is 0.797. The van der Waals surface area contributed by atoms with Crippen LogP contribution in [0.5, 0.6) is 11.6 Å². The first kappa shape index (κ1) is 18.9. The lowest BCUT2D eigenvalue weighted by Crippen LogP contribution is -2.28. The van der Waals surface area contributed by atoms with Crippen molar-refractivity contribution in [1.29, 1.82) is 0 Å². The highest BCUT2D eigenvalue weighted by atomic mass is 35.5. The van der Waals surface area contributed by atoms with Gasteiger partial charge in [-0.25, -0.2) is 4.98 Å². The number of aromatic nitrogens is 2. The summed E-state index contributed by atoms with van der Waals surface area (Å²) in [5.41, 5.74) is 1.44. The van der Waals surface area contributed by atoms with Crippen molar-refractivity contribution >= 4 is 28.4 Å². The molecular formula is C20H20ClN3O3. The fourth-order valence-corrected chi connectivity index (χ4v) is 2.72. The van der Waals surface area contributed by atoms with Crippen molar-refractivity contribution in [2.45, 2.75) is 19.9 Å². The molecule has 1 amide bonds. The zero-order chi connectivity index (χ0) is 19.1. The Balaban J connectivity index is 1.59. The first-order valence-corrected chi connectivity index (χ1v) is 9.06. The molecule has 0 saturated heterocycles. The Morgan fingerprint density at radius 3 is 2.78 bits per heavy atom. The second kappa shape index (κ2) is 9.19. The fraction of sp³-hybridized carbons (Fsp3) is 0.250. The molecule has 0 fully saturated rings. The van der Waals surface area contributed by atoms with E-state index in [-0.39, 0.29) is 12.5 Å². The Morgan fingerprint density at radius 2 is 1.93 bits per heavy atom. The summed E-state index contributed by atoms with van der Waals surface area (Å²) < 4.78 is 11.2. The predicted molar refractivity (Wildman–Crippen MR) is 104 cm³/mol. The molecule has 0 aliphatic carbocycles. The number of benzene rings is 1. The van der Waals surface area contributed by atoms with Crippen LogP contribution in [0.25, 0.3) is 10.9 Å². The van der Waals surface area contributed by atoms with E-state index in [1.165, 1.54) is 0 Å². The third kappa shape index (κ3) is 4.86. The predicted octanol–water partition coefficient (Wildman–Crippen LogP) is 3.77. The van der Waals surface area contributed by atoms with Crippen molar-refractivity contribution < 1.29 is 14.3 Å². The molecular weight excluding hydrogens is 366 g/mol. The average molecular weight is 386 g/mol. The molecule has 140 valence electrons. The highest BCUT2D eigenvalue weighted by molar-refractivity contribution is 6.35. The van der Waals surface area contributed by atoms with Gasteiger partial charge in [0.1, 0.15) is 11.3 Å². The highest BCUT2D eigenvalue weighted by Gasteiger charge is 2.10. The number of hydrogen-bond acceptors (Lipinski definition) is 5. The van der Waals surface area contributed by atoms with Crippen molar-refractivity contribution in [3.05, 3.63) is 59.4 Å². The summed E-state index contributed by atoms with van der Waals surface area (Å²) in [6.45, 7) is 2.79. The molecule has 0 atom stereocenters. The van der Waals surface area contributed by atoms with E-state index in [0.717, 1.165) is 17.4 Å². The van der Waals surface area contributed by atoms with E-state index in [9.17, 15) is 4.79 Å². The molecule has 0 radical (unpaired) electrons. The molecule has 0 aliphatic heterocycles. The Kier molecular flexibility index (Phi) is 6.44. The smallest absolute Gasteiger partial charge is 0.258 e. The molecule has 0 aliphatic rings. The second-order valence-electron chi connectivity index (χ2n) is 5.83. The van der Waals surface area contributed by atoms with Gasteiger partial charge in [-0.3, -0.25) is 9.78 Å². The van der Waals surface area contributed by atoms with Crippen LogP contribution in [-0.2, 0) is 11.3 Å². The zero-order valence-electron chi connectivity index (χ0n) is 14.9. The summed E-state index contributed by atoms with van der Waals surface area (Å²) >= 11 is 6.17. The standard InChI is InChI=1S/C20H20ClN3O3/c1-2-11-26-20-14(5-3-10-23-20)12-24-18(25)13-27-17-8-7-16(21)15-6-4-9-22-19(15)17/h3-10H,2,11-13H2,1H3,(H,24,25). The molecule has 1 N–H and O–H groups in total. The minimum atomic E-state index is -0.251. The average Bonchev–Trinajstić information content (AvgIpc) is 2.71. The van der Waals surface area contributed by atoms with Crippen LogP contribution >= 0.6 is 11.6 Å². The number of pyridine rings is 2. The minimum absolute atomic E-state index is 0.126. The third-order valence-corrected chi connectivity index (χ3v) is 4.14. The lowest BCUT2D eigenvalue weighted by atomic mass is 10.2. The van der Waals surface area contributed by atoms with Gasteiger partial charge in [-0.05, 0) is 36.8 Å². The van der Waals surface area contributed by atoms with E-state index >= 15 is 0 Å². The van der Waals surface area contributed by atoms with Crippen LogP contribution in [0.4, 0.5) is 0 Å². The molecule has 0 bridgehead atoms. The molecule has 0 spiro atoms. The van der Waals surface area contributed by atoms with Crippen molar-refractivity contribution in [2.24, 2.45) is 0 Å². The van der Waals surface area contributed by atoms with Crippen LogP contribution in [0, 0.1) is 0 Å². The van der Waals surface area contributed by atoms with E-state index in [1.807, 2.05) is 25.1 Å². The number of fused-ring (bicyclic) bond motifs is 1. The van der Waals surface area contributed by atoms with Gasteiger partial charge >= 0.3 is 0 Å². The molecule has 2 heterocycles. The number of nitrogens with one attached hydrogen (secondary N) is 1. The number of amides is 1. The lowest BCUT2D eigenvalue weighted by molar-refractivity contribution is -0.123. The van der Waals surface area contributed by atoms with Gasteiger partial charge < -0.3 is 14.8 Å².